The van der Waals surface area contributed by atoms with Gasteiger partial charge in [-0.25, -0.2) is 0 Å². The first-order valence-electron chi connectivity index (χ1n) is 6.08. The maximum Gasteiger partial charge on any atom is 1.00 e. The van der Waals surface area contributed by atoms with Crippen LogP contribution in [0.5, 0.6) is 5.75 Å². The fraction of sp³-hybridized carbons (Fsp3) is 0.500. The van der Waals surface area contributed by atoms with E-state index in [1.807, 2.05) is 18.2 Å². The molecule has 0 spiro atoms. The Kier molecular flexibility index (Phi) is 10.6. The Morgan fingerprint density at radius 3 is 2.35 bits per heavy atom. The Morgan fingerprint density at radius 2 is 1.71 bits per heavy atom. The van der Waals surface area contributed by atoms with Crippen LogP contribution in [0.1, 0.15) is 45.4 Å². The first-order valence-corrected chi connectivity index (χ1v) is 6.08. The molecule has 0 saturated carbocycles. The third kappa shape index (κ3) is 8.42. The van der Waals surface area contributed by atoms with Crippen molar-refractivity contribution in [2.45, 2.75) is 45.4 Å². The van der Waals surface area contributed by atoms with Gasteiger partial charge in [0.15, 0.2) is 0 Å². The van der Waals surface area contributed by atoms with Gasteiger partial charge in [0.25, 0.3) is 0 Å². The van der Waals surface area contributed by atoms with Crippen molar-refractivity contribution in [2.24, 2.45) is 0 Å². The zero-order valence-electron chi connectivity index (χ0n) is 10.9. The second-order valence-corrected chi connectivity index (χ2v) is 3.95. The average Bonchev–Trinajstić information content (AvgIpc) is 2.30. The Hall–Kier alpha value is -0.310. The van der Waals surface area contributed by atoms with Crippen molar-refractivity contribution in [1.29, 1.82) is 0 Å². The largest absolute Gasteiger partial charge is 1.00 e. The number of carbonyl (C=O) groups excluding carboxylic acids is 1. The molecule has 1 rings (SSSR count). The summed E-state index contributed by atoms with van der Waals surface area (Å²) in [6.45, 7) is 2.18. The van der Waals surface area contributed by atoms with Crippen LogP contribution < -0.4 is 34.3 Å². The van der Waals surface area contributed by atoms with Crippen LogP contribution >= 0.6 is 0 Å². The molecule has 0 fully saturated rings. The predicted octanol–water partition coefficient (Wildman–Crippen LogP) is 0.956. The van der Waals surface area contributed by atoms with E-state index >= 15 is 0 Å². The Balaban J connectivity index is 0.00000256. The zero-order valence-corrected chi connectivity index (χ0v) is 12.9. The molecule has 0 radical (unpaired) electrons. The SMILES string of the molecule is CCCCCCCC(=O)Oc1ccccc1.[Na+]. The minimum atomic E-state index is -0.123. The molecule has 0 unspecified atom stereocenters. The van der Waals surface area contributed by atoms with Crippen molar-refractivity contribution in [3.05, 3.63) is 30.3 Å². The van der Waals surface area contributed by atoms with Gasteiger partial charge in [-0.3, -0.25) is 4.79 Å². The summed E-state index contributed by atoms with van der Waals surface area (Å²) in [5.74, 6) is 0.517. The summed E-state index contributed by atoms with van der Waals surface area (Å²) >= 11 is 0. The van der Waals surface area contributed by atoms with E-state index in [1.165, 1.54) is 19.3 Å². The number of hydrogen-bond donors (Lipinski definition) is 0. The number of hydrogen-bond acceptors (Lipinski definition) is 2. The van der Waals surface area contributed by atoms with Gasteiger partial charge in [-0.05, 0) is 18.6 Å². The number of carbonyl (C=O) groups is 1. The van der Waals surface area contributed by atoms with Crippen molar-refractivity contribution in [1.82, 2.24) is 0 Å². The molecule has 2 nitrogen and oxygen atoms in total. The van der Waals surface area contributed by atoms with Gasteiger partial charge in [0.05, 0.1) is 0 Å². The second-order valence-electron chi connectivity index (χ2n) is 3.95. The predicted molar refractivity (Wildman–Crippen MR) is 65.5 cm³/mol. The normalized spacial score (nSPS) is 9.47. The molecule has 0 aliphatic carbocycles. The standard InChI is InChI=1S/C14H20O2.Na/c1-2-3-4-5-9-12-14(15)16-13-10-7-6-8-11-13;/h6-8,10-11H,2-5,9,12H2,1H3;/q;+1. The smallest absolute Gasteiger partial charge is 0.427 e. The van der Waals surface area contributed by atoms with E-state index in [1.54, 1.807) is 12.1 Å². The zero-order chi connectivity index (χ0) is 11.6. The molecule has 0 N–H and O–H groups in total. The monoisotopic (exact) mass is 243 g/mol. The van der Waals surface area contributed by atoms with Gasteiger partial charge in [0.1, 0.15) is 5.75 Å². The van der Waals surface area contributed by atoms with E-state index in [0.717, 1.165) is 12.8 Å². The molecule has 0 aromatic heterocycles. The van der Waals surface area contributed by atoms with Gasteiger partial charge in [-0.1, -0.05) is 50.8 Å². The van der Waals surface area contributed by atoms with Gasteiger partial charge in [0, 0.05) is 6.42 Å². The molecule has 0 aliphatic rings. The quantitative estimate of drug-likeness (QED) is 0.308. The van der Waals surface area contributed by atoms with Gasteiger partial charge < -0.3 is 4.74 Å². The topological polar surface area (TPSA) is 26.3 Å². The van der Waals surface area contributed by atoms with Crippen LogP contribution in [0.15, 0.2) is 30.3 Å². The van der Waals surface area contributed by atoms with Crippen LogP contribution in [-0.2, 0) is 4.79 Å². The molecule has 0 saturated heterocycles. The summed E-state index contributed by atoms with van der Waals surface area (Å²) in [5, 5.41) is 0. The van der Waals surface area contributed by atoms with E-state index in [4.69, 9.17) is 4.74 Å². The van der Waals surface area contributed by atoms with Gasteiger partial charge in [-0.15, -0.1) is 0 Å². The van der Waals surface area contributed by atoms with Crippen LogP contribution in [0, 0.1) is 0 Å². The summed E-state index contributed by atoms with van der Waals surface area (Å²) in [6, 6.07) is 9.24. The average molecular weight is 243 g/mol. The van der Waals surface area contributed by atoms with E-state index in [2.05, 4.69) is 6.92 Å². The van der Waals surface area contributed by atoms with Crippen LogP contribution in [0.25, 0.3) is 0 Å². The first-order chi connectivity index (χ1) is 7.83. The molecular formula is C14H20NaO2+. The molecule has 0 bridgehead atoms. The van der Waals surface area contributed by atoms with Gasteiger partial charge in [-0.2, -0.15) is 0 Å². The number of unbranched alkanes of at least 4 members (excludes halogenated alkanes) is 4. The van der Waals surface area contributed by atoms with Crippen LogP contribution in [-0.4, -0.2) is 5.97 Å². The molecule has 0 heterocycles. The maximum absolute atomic E-state index is 11.4. The summed E-state index contributed by atoms with van der Waals surface area (Å²) < 4.78 is 5.18. The number of rotatable bonds is 7. The summed E-state index contributed by atoms with van der Waals surface area (Å²) in [6.07, 6.45) is 6.29. The number of para-hydroxylation sites is 1. The summed E-state index contributed by atoms with van der Waals surface area (Å²) in [7, 11) is 0. The van der Waals surface area contributed by atoms with Crippen molar-refractivity contribution >= 4 is 5.97 Å². The Labute approximate surface area is 126 Å². The van der Waals surface area contributed by atoms with Crippen LogP contribution in [0.3, 0.4) is 0 Å². The number of esters is 1. The van der Waals surface area contributed by atoms with E-state index in [-0.39, 0.29) is 35.5 Å². The maximum atomic E-state index is 11.4. The Bertz CT molecular complexity index is 298. The fourth-order valence-corrected chi connectivity index (χ4v) is 1.54. The Morgan fingerprint density at radius 1 is 1.06 bits per heavy atom. The van der Waals surface area contributed by atoms with E-state index in [9.17, 15) is 4.79 Å². The van der Waals surface area contributed by atoms with Gasteiger partial charge >= 0.3 is 35.5 Å². The van der Waals surface area contributed by atoms with Crippen molar-refractivity contribution in [2.75, 3.05) is 0 Å². The number of ether oxygens (including phenoxy) is 1. The minimum absolute atomic E-state index is 0. The molecule has 0 atom stereocenters. The van der Waals surface area contributed by atoms with Crippen LogP contribution in [0.2, 0.25) is 0 Å². The van der Waals surface area contributed by atoms with Crippen molar-refractivity contribution < 1.29 is 39.1 Å². The molecular weight excluding hydrogens is 223 g/mol. The minimum Gasteiger partial charge on any atom is -0.427 e. The first kappa shape index (κ1) is 16.7. The molecule has 1 aromatic carbocycles. The summed E-state index contributed by atoms with van der Waals surface area (Å²) in [5.41, 5.74) is 0. The van der Waals surface area contributed by atoms with Gasteiger partial charge in [0.2, 0.25) is 0 Å². The third-order valence-corrected chi connectivity index (χ3v) is 2.46. The van der Waals surface area contributed by atoms with Crippen molar-refractivity contribution in [3.63, 3.8) is 0 Å². The van der Waals surface area contributed by atoms with Crippen LogP contribution in [0.4, 0.5) is 0 Å². The summed E-state index contributed by atoms with van der Waals surface area (Å²) in [4.78, 5) is 11.4. The molecule has 88 valence electrons. The molecule has 0 aliphatic heterocycles. The van der Waals surface area contributed by atoms with E-state index in [0.29, 0.717) is 12.2 Å². The van der Waals surface area contributed by atoms with E-state index < -0.39 is 0 Å². The number of benzene rings is 1. The fourth-order valence-electron chi connectivity index (χ4n) is 1.54. The van der Waals surface area contributed by atoms with Crippen molar-refractivity contribution in [3.8, 4) is 5.75 Å². The molecule has 0 amide bonds. The molecule has 1 aromatic rings. The molecule has 3 heteroatoms. The third-order valence-electron chi connectivity index (χ3n) is 2.46. The molecule has 17 heavy (non-hydrogen) atoms. The second kappa shape index (κ2) is 10.8.